The van der Waals surface area contributed by atoms with Crippen LogP contribution >= 0.6 is 0 Å². The van der Waals surface area contributed by atoms with Gasteiger partial charge in [0.2, 0.25) is 5.91 Å². The summed E-state index contributed by atoms with van der Waals surface area (Å²) in [5.74, 6) is 1.54. The Morgan fingerprint density at radius 3 is 2.77 bits per heavy atom. The molecule has 2 nitrogen and oxygen atoms in total. The summed E-state index contributed by atoms with van der Waals surface area (Å²) in [5, 5.41) is 0. The minimum Gasteiger partial charge on any atom is -0.342 e. The second-order valence-electron chi connectivity index (χ2n) is 4.69. The molecule has 1 aliphatic heterocycles. The molecule has 1 saturated heterocycles. The lowest BCUT2D eigenvalue weighted by atomic mass is 9.99. The first-order valence-electron chi connectivity index (χ1n) is 5.37. The highest BCUT2D eigenvalue weighted by atomic mass is 16.2. The third-order valence-electron chi connectivity index (χ3n) is 2.59. The molecule has 13 heavy (non-hydrogen) atoms. The van der Waals surface area contributed by atoms with E-state index in [9.17, 15) is 4.79 Å². The van der Waals surface area contributed by atoms with Gasteiger partial charge in [0, 0.05) is 19.5 Å². The summed E-state index contributed by atoms with van der Waals surface area (Å²) in [5.41, 5.74) is 0. The zero-order valence-electron chi connectivity index (χ0n) is 9.05. The molecular formula is C11H21NO. The Labute approximate surface area is 81.3 Å². The van der Waals surface area contributed by atoms with E-state index in [2.05, 4.69) is 20.8 Å². The smallest absolute Gasteiger partial charge is 0.222 e. The van der Waals surface area contributed by atoms with Crippen molar-refractivity contribution in [2.45, 2.75) is 40.0 Å². The van der Waals surface area contributed by atoms with Crippen LogP contribution in [-0.2, 0) is 4.79 Å². The predicted molar refractivity (Wildman–Crippen MR) is 54.4 cm³/mol. The van der Waals surface area contributed by atoms with Gasteiger partial charge in [-0.05, 0) is 24.7 Å². The van der Waals surface area contributed by atoms with Gasteiger partial charge in [-0.15, -0.1) is 0 Å². The van der Waals surface area contributed by atoms with Crippen LogP contribution in [0.1, 0.15) is 40.0 Å². The van der Waals surface area contributed by atoms with Gasteiger partial charge in [0.15, 0.2) is 0 Å². The van der Waals surface area contributed by atoms with Crippen molar-refractivity contribution in [2.75, 3.05) is 13.1 Å². The Kier molecular flexibility index (Phi) is 3.76. The standard InChI is InChI=1S/C11H21NO/c1-9(2)7-11(13)12-6-4-5-10(3)8-12/h9-10H,4-8H2,1-3H3. The van der Waals surface area contributed by atoms with Gasteiger partial charge < -0.3 is 4.90 Å². The van der Waals surface area contributed by atoms with E-state index in [1.54, 1.807) is 0 Å². The van der Waals surface area contributed by atoms with Crippen molar-refractivity contribution < 1.29 is 4.79 Å². The highest BCUT2D eigenvalue weighted by Crippen LogP contribution is 2.17. The Hall–Kier alpha value is -0.530. The highest BCUT2D eigenvalue weighted by molar-refractivity contribution is 5.76. The summed E-state index contributed by atoms with van der Waals surface area (Å²) in [4.78, 5) is 13.7. The van der Waals surface area contributed by atoms with E-state index in [-0.39, 0.29) is 0 Å². The number of nitrogens with zero attached hydrogens (tertiary/aromatic N) is 1. The molecule has 0 radical (unpaired) electrons. The molecule has 0 spiro atoms. The first-order valence-corrected chi connectivity index (χ1v) is 5.37. The SMILES string of the molecule is CC(C)CC(=O)N1CCCC(C)C1. The van der Waals surface area contributed by atoms with Crippen LogP contribution in [0.2, 0.25) is 0 Å². The lowest BCUT2D eigenvalue weighted by Crippen LogP contribution is -2.39. The molecular weight excluding hydrogens is 162 g/mol. The molecule has 0 aromatic carbocycles. The first-order chi connectivity index (χ1) is 6.09. The Morgan fingerprint density at radius 2 is 2.23 bits per heavy atom. The fourth-order valence-electron chi connectivity index (χ4n) is 1.89. The van der Waals surface area contributed by atoms with E-state index in [1.807, 2.05) is 4.90 Å². The molecule has 1 unspecified atom stereocenters. The molecule has 0 aliphatic carbocycles. The van der Waals surface area contributed by atoms with Crippen molar-refractivity contribution in [3.05, 3.63) is 0 Å². The summed E-state index contributed by atoms with van der Waals surface area (Å²) >= 11 is 0. The average molecular weight is 183 g/mol. The van der Waals surface area contributed by atoms with E-state index in [0.717, 1.165) is 13.1 Å². The summed E-state index contributed by atoms with van der Waals surface area (Å²) < 4.78 is 0. The molecule has 0 bridgehead atoms. The van der Waals surface area contributed by atoms with Gasteiger partial charge in [-0.1, -0.05) is 20.8 Å². The molecule has 1 rings (SSSR count). The van der Waals surface area contributed by atoms with E-state index < -0.39 is 0 Å². The van der Waals surface area contributed by atoms with Crippen LogP contribution in [0.15, 0.2) is 0 Å². The largest absolute Gasteiger partial charge is 0.342 e. The van der Waals surface area contributed by atoms with Gasteiger partial charge in [0.1, 0.15) is 0 Å². The molecule has 0 saturated carbocycles. The number of rotatable bonds is 2. The fraction of sp³-hybridized carbons (Fsp3) is 0.909. The highest BCUT2D eigenvalue weighted by Gasteiger charge is 2.20. The minimum absolute atomic E-state index is 0.349. The zero-order valence-corrected chi connectivity index (χ0v) is 9.05. The molecule has 2 heteroatoms. The lowest BCUT2D eigenvalue weighted by Gasteiger charge is -2.31. The molecule has 1 amide bonds. The van der Waals surface area contributed by atoms with Crippen LogP contribution < -0.4 is 0 Å². The van der Waals surface area contributed by atoms with Crippen LogP contribution in [0.5, 0.6) is 0 Å². The fourth-order valence-corrected chi connectivity index (χ4v) is 1.89. The molecule has 76 valence electrons. The van der Waals surface area contributed by atoms with E-state index >= 15 is 0 Å². The molecule has 0 N–H and O–H groups in total. The Morgan fingerprint density at radius 1 is 1.54 bits per heavy atom. The van der Waals surface area contributed by atoms with E-state index in [0.29, 0.717) is 24.2 Å². The number of carbonyl (C=O) groups is 1. The van der Waals surface area contributed by atoms with Crippen molar-refractivity contribution in [3.8, 4) is 0 Å². The molecule has 1 heterocycles. The maximum absolute atomic E-state index is 11.7. The maximum atomic E-state index is 11.7. The van der Waals surface area contributed by atoms with Gasteiger partial charge in [-0.25, -0.2) is 0 Å². The van der Waals surface area contributed by atoms with Crippen LogP contribution in [-0.4, -0.2) is 23.9 Å². The monoisotopic (exact) mass is 183 g/mol. The van der Waals surface area contributed by atoms with Gasteiger partial charge in [0.05, 0.1) is 0 Å². The lowest BCUT2D eigenvalue weighted by molar-refractivity contribution is -0.133. The van der Waals surface area contributed by atoms with Gasteiger partial charge in [-0.2, -0.15) is 0 Å². The van der Waals surface area contributed by atoms with E-state index in [4.69, 9.17) is 0 Å². The first kappa shape index (κ1) is 10.6. The van der Waals surface area contributed by atoms with Crippen molar-refractivity contribution in [3.63, 3.8) is 0 Å². The normalized spacial score (nSPS) is 23.7. The third-order valence-corrected chi connectivity index (χ3v) is 2.59. The van der Waals surface area contributed by atoms with Gasteiger partial charge >= 0.3 is 0 Å². The van der Waals surface area contributed by atoms with Crippen molar-refractivity contribution >= 4 is 5.91 Å². The van der Waals surface area contributed by atoms with Gasteiger partial charge in [0.25, 0.3) is 0 Å². The molecule has 1 fully saturated rings. The number of likely N-dealkylation sites (tertiary alicyclic amines) is 1. The van der Waals surface area contributed by atoms with Crippen molar-refractivity contribution in [2.24, 2.45) is 11.8 Å². The molecule has 0 aromatic rings. The summed E-state index contributed by atoms with van der Waals surface area (Å²) in [7, 11) is 0. The van der Waals surface area contributed by atoms with Crippen molar-refractivity contribution in [1.82, 2.24) is 4.90 Å². The number of carbonyl (C=O) groups excluding carboxylic acids is 1. The molecule has 1 atom stereocenters. The van der Waals surface area contributed by atoms with Crippen LogP contribution in [0.25, 0.3) is 0 Å². The number of piperidine rings is 1. The van der Waals surface area contributed by atoms with Crippen molar-refractivity contribution in [1.29, 1.82) is 0 Å². The molecule has 1 aliphatic rings. The average Bonchev–Trinajstić information content (AvgIpc) is 2.03. The summed E-state index contributed by atoms with van der Waals surface area (Å²) in [6.07, 6.45) is 3.18. The topological polar surface area (TPSA) is 20.3 Å². The molecule has 0 aromatic heterocycles. The zero-order chi connectivity index (χ0) is 9.84. The Bertz CT molecular complexity index is 177. The number of hydrogen-bond donors (Lipinski definition) is 0. The Balaban J connectivity index is 2.37. The maximum Gasteiger partial charge on any atom is 0.222 e. The quantitative estimate of drug-likeness (QED) is 0.643. The summed E-state index contributed by atoms with van der Waals surface area (Å²) in [6, 6.07) is 0. The predicted octanol–water partition coefficient (Wildman–Crippen LogP) is 2.29. The third kappa shape index (κ3) is 3.37. The second kappa shape index (κ2) is 4.64. The van der Waals surface area contributed by atoms with Crippen LogP contribution in [0.4, 0.5) is 0 Å². The van der Waals surface area contributed by atoms with Gasteiger partial charge in [-0.3, -0.25) is 4.79 Å². The second-order valence-corrected chi connectivity index (χ2v) is 4.69. The number of hydrogen-bond acceptors (Lipinski definition) is 1. The van der Waals surface area contributed by atoms with Crippen LogP contribution in [0.3, 0.4) is 0 Å². The minimum atomic E-state index is 0.349. The van der Waals surface area contributed by atoms with E-state index in [1.165, 1.54) is 12.8 Å². The summed E-state index contributed by atoms with van der Waals surface area (Å²) in [6.45, 7) is 8.40. The number of amides is 1. The van der Waals surface area contributed by atoms with Crippen LogP contribution in [0, 0.1) is 11.8 Å².